The predicted molar refractivity (Wildman–Crippen MR) is 79.5 cm³/mol. The van der Waals surface area contributed by atoms with Crippen LogP contribution in [-0.4, -0.2) is 44.7 Å². The lowest BCUT2D eigenvalue weighted by molar-refractivity contribution is -0.126. The molecule has 110 valence electrons. The van der Waals surface area contributed by atoms with Crippen molar-refractivity contribution in [2.75, 3.05) is 23.0 Å². The van der Waals surface area contributed by atoms with Gasteiger partial charge < -0.3 is 9.79 Å². The van der Waals surface area contributed by atoms with Crippen LogP contribution in [0.25, 0.3) is 0 Å². The molecule has 1 heterocycles. The van der Waals surface area contributed by atoms with Crippen molar-refractivity contribution in [1.82, 2.24) is 0 Å². The highest BCUT2D eigenvalue weighted by molar-refractivity contribution is 8.01. The van der Waals surface area contributed by atoms with Crippen LogP contribution in [0.5, 0.6) is 0 Å². The Bertz CT molecular complexity index is 369. The van der Waals surface area contributed by atoms with Crippen LogP contribution >= 0.6 is 31.3 Å². The summed E-state index contributed by atoms with van der Waals surface area (Å²) in [5.74, 6) is 3.51. The van der Waals surface area contributed by atoms with E-state index in [1.54, 1.807) is 23.5 Å². The lowest BCUT2D eigenvalue weighted by Crippen LogP contribution is -2.25. The van der Waals surface area contributed by atoms with E-state index >= 15 is 0 Å². The van der Waals surface area contributed by atoms with Gasteiger partial charge >= 0.3 is 7.82 Å². The third-order valence-corrected chi connectivity index (χ3v) is 5.79. The van der Waals surface area contributed by atoms with E-state index in [0.29, 0.717) is 6.42 Å². The first-order valence-electron chi connectivity index (χ1n) is 5.86. The Hall–Kier alpha value is 0.220. The first-order valence-corrected chi connectivity index (χ1v) is 9.70. The molecule has 0 spiro atoms. The fourth-order valence-corrected chi connectivity index (χ4v) is 4.63. The molecule has 1 atom stereocenters. The highest BCUT2D eigenvalue weighted by Gasteiger charge is 2.26. The fourth-order valence-electron chi connectivity index (χ4n) is 1.66. The molecule has 1 unspecified atom stereocenters. The Morgan fingerprint density at radius 1 is 1.47 bits per heavy atom. The zero-order chi connectivity index (χ0) is 14.5. The van der Waals surface area contributed by atoms with Crippen LogP contribution in [0.4, 0.5) is 0 Å². The maximum Gasteiger partial charge on any atom is 0.470 e. The Balaban J connectivity index is 2.42. The third-order valence-electron chi connectivity index (χ3n) is 2.56. The number of ketones is 1. The molecule has 5 nitrogen and oxygen atoms in total. The highest BCUT2D eigenvalue weighted by atomic mass is 32.2. The number of Topliss-reactive ketones (excluding diaryl/α,β-unsaturated/α-hetero) is 1. The lowest BCUT2D eigenvalue weighted by atomic mass is 10.0. The van der Waals surface area contributed by atoms with Crippen LogP contribution in [0.3, 0.4) is 0 Å². The maximum atomic E-state index is 11.8. The van der Waals surface area contributed by atoms with Crippen LogP contribution in [0.15, 0.2) is 12.2 Å². The average molecular weight is 326 g/mol. The molecule has 19 heavy (non-hydrogen) atoms. The van der Waals surface area contributed by atoms with Gasteiger partial charge in [-0.15, -0.1) is 0 Å². The van der Waals surface area contributed by atoms with E-state index in [-0.39, 0.29) is 11.7 Å². The molecule has 2 N–H and O–H groups in total. The molecular formula is C11H19O5PS2. The van der Waals surface area contributed by atoms with Gasteiger partial charge in [0.25, 0.3) is 0 Å². The number of carbonyl (C=O) groups excluding carboxylic acids is 1. The number of rotatable bonds is 5. The van der Waals surface area contributed by atoms with Crippen molar-refractivity contribution < 1.29 is 23.7 Å². The van der Waals surface area contributed by atoms with Crippen molar-refractivity contribution in [2.45, 2.75) is 19.4 Å². The Morgan fingerprint density at radius 2 is 2.00 bits per heavy atom. The summed E-state index contributed by atoms with van der Waals surface area (Å²) in [6.45, 7) is 5.34. The van der Waals surface area contributed by atoms with Gasteiger partial charge in [0.1, 0.15) is 6.10 Å². The largest absolute Gasteiger partial charge is 0.470 e. The summed E-state index contributed by atoms with van der Waals surface area (Å²) in [7, 11) is -4.60. The number of phosphoric acid groups is 1. The van der Waals surface area contributed by atoms with Gasteiger partial charge in [0.2, 0.25) is 0 Å². The minimum absolute atomic E-state index is 0.221. The zero-order valence-electron chi connectivity index (χ0n) is 10.8. The number of carbonyl (C=O) groups is 1. The number of hydrogen-bond donors (Lipinski definition) is 2. The second-order valence-electron chi connectivity index (χ2n) is 4.55. The highest BCUT2D eigenvalue weighted by Crippen LogP contribution is 2.38. The van der Waals surface area contributed by atoms with Crippen molar-refractivity contribution in [1.29, 1.82) is 0 Å². The zero-order valence-corrected chi connectivity index (χ0v) is 13.3. The molecule has 0 aromatic heterocycles. The van der Waals surface area contributed by atoms with Gasteiger partial charge in [0, 0.05) is 17.9 Å². The van der Waals surface area contributed by atoms with Crippen LogP contribution in [0, 0.1) is 5.92 Å². The summed E-state index contributed by atoms with van der Waals surface area (Å²) >= 11 is 3.51. The SMILES string of the molecule is C=C1CSCC(CC(=O)C(C)OP(=O)(O)O)CSC1. The molecule has 0 aromatic carbocycles. The molecule has 0 radical (unpaired) electrons. The summed E-state index contributed by atoms with van der Waals surface area (Å²) in [5, 5.41) is 0. The molecule has 1 aliphatic rings. The molecule has 1 rings (SSSR count). The monoisotopic (exact) mass is 326 g/mol. The van der Waals surface area contributed by atoms with Gasteiger partial charge in [-0.2, -0.15) is 23.5 Å². The van der Waals surface area contributed by atoms with Crippen molar-refractivity contribution in [3.8, 4) is 0 Å². The van der Waals surface area contributed by atoms with Gasteiger partial charge in [0.05, 0.1) is 0 Å². The maximum absolute atomic E-state index is 11.8. The van der Waals surface area contributed by atoms with Crippen LogP contribution < -0.4 is 0 Å². The Labute approximate surface area is 121 Å². The molecule has 1 saturated heterocycles. The summed E-state index contributed by atoms with van der Waals surface area (Å²) < 4.78 is 15.1. The second-order valence-corrected chi connectivity index (χ2v) is 7.81. The molecule has 1 aliphatic heterocycles. The van der Waals surface area contributed by atoms with E-state index in [1.165, 1.54) is 12.5 Å². The van der Waals surface area contributed by atoms with Crippen LogP contribution in [0.2, 0.25) is 0 Å². The average Bonchev–Trinajstić information content (AvgIpc) is 2.23. The van der Waals surface area contributed by atoms with Gasteiger partial charge in [-0.3, -0.25) is 9.32 Å². The Morgan fingerprint density at radius 3 is 2.47 bits per heavy atom. The topological polar surface area (TPSA) is 83.8 Å². The third kappa shape index (κ3) is 7.54. The molecule has 1 fully saturated rings. The molecule has 0 amide bonds. The summed E-state index contributed by atoms with van der Waals surface area (Å²) in [5.41, 5.74) is 1.21. The summed E-state index contributed by atoms with van der Waals surface area (Å²) in [6, 6.07) is 0. The number of thioether (sulfide) groups is 2. The van der Waals surface area contributed by atoms with Gasteiger partial charge in [-0.25, -0.2) is 4.57 Å². The first-order chi connectivity index (χ1) is 8.78. The van der Waals surface area contributed by atoms with Gasteiger partial charge in [-0.05, 0) is 24.3 Å². The molecular weight excluding hydrogens is 307 g/mol. The van der Waals surface area contributed by atoms with E-state index in [2.05, 4.69) is 11.1 Å². The molecule has 0 saturated carbocycles. The Kier molecular flexibility index (Phi) is 7.14. The molecule has 0 aromatic rings. The first kappa shape index (κ1) is 17.3. The van der Waals surface area contributed by atoms with Gasteiger partial charge in [0.15, 0.2) is 5.78 Å². The molecule has 0 bridgehead atoms. The lowest BCUT2D eigenvalue weighted by Gasteiger charge is -2.21. The van der Waals surface area contributed by atoms with E-state index in [1.807, 2.05) is 0 Å². The number of phosphoric ester groups is 1. The predicted octanol–water partition coefficient (Wildman–Crippen LogP) is 2.10. The minimum Gasteiger partial charge on any atom is -0.303 e. The smallest absolute Gasteiger partial charge is 0.303 e. The minimum atomic E-state index is -4.60. The van der Waals surface area contributed by atoms with Crippen LogP contribution in [-0.2, 0) is 13.9 Å². The second kappa shape index (κ2) is 7.86. The normalized spacial score (nSPS) is 20.7. The number of hydrogen-bond acceptors (Lipinski definition) is 5. The van der Waals surface area contributed by atoms with Crippen molar-refractivity contribution in [3.63, 3.8) is 0 Å². The summed E-state index contributed by atoms with van der Waals surface area (Å²) in [4.78, 5) is 29.2. The van der Waals surface area contributed by atoms with Crippen molar-refractivity contribution in [3.05, 3.63) is 12.2 Å². The van der Waals surface area contributed by atoms with Crippen molar-refractivity contribution in [2.24, 2.45) is 5.92 Å². The van der Waals surface area contributed by atoms with E-state index in [4.69, 9.17) is 9.79 Å². The van der Waals surface area contributed by atoms with E-state index in [9.17, 15) is 9.36 Å². The van der Waals surface area contributed by atoms with Crippen molar-refractivity contribution >= 4 is 37.1 Å². The van der Waals surface area contributed by atoms with Crippen LogP contribution in [0.1, 0.15) is 13.3 Å². The van der Waals surface area contributed by atoms with Gasteiger partial charge in [-0.1, -0.05) is 12.2 Å². The van der Waals surface area contributed by atoms with E-state index in [0.717, 1.165) is 23.0 Å². The quantitative estimate of drug-likeness (QED) is 0.591. The molecule has 8 heteroatoms. The van der Waals surface area contributed by atoms with E-state index < -0.39 is 13.9 Å². The molecule has 0 aliphatic carbocycles. The summed E-state index contributed by atoms with van der Waals surface area (Å²) in [6.07, 6.45) is -0.760. The standard InChI is InChI=1S/C11H19O5PS2/c1-8-4-18-6-10(7-19-5-8)3-11(12)9(2)16-17(13,14)15/h9-10H,1,3-7H2,2H3,(H2,13,14,15). The fraction of sp³-hybridized carbons (Fsp3) is 0.727.